The van der Waals surface area contributed by atoms with Crippen LogP contribution in [0.2, 0.25) is 0 Å². The zero-order valence-corrected chi connectivity index (χ0v) is 8.06. The topological polar surface area (TPSA) is 73.9 Å². The largest absolute Gasteiger partial charge is 0.479 e. The smallest absolute Gasteiger partial charge is 0.253 e. The van der Waals surface area contributed by atoms with E-state index in [-0.39, 0.29) is 17.5 Å². The van der Waals surface area contributed by atoms with E-state index in [2.05, 4.69) is 20.1 Å². The molecule has 6 nitrogen and oxygen atoms in total. The first kappa shape index (κ1) is 9.50. The molecular formula is C8H7FN4O2. The van der Waals surface area contributed by atoms with Gasteiger partial charge in [0.25, 0.3) is 5.88 Å². The molecule has 15 heavy (non-hydrogen) atoms. The maximum absolute atomic E-state index is 13.0. The van der Waals surface area contributed by atoms with Gasteiger partial charge in [-0.25, -0.2) is 4.98 Å². The van der Waals surface area contributed by atoms with E-state index >= 15 is 0 Å². The van der Waals surface area contributed by atoms with Gasteiger partial charge in [-0.05, 0) is 0 Å². The van der Waals surface area contributed by atoms with Gasteiger partial charge in [-0.1, -0.05) is 5.16 Å². The van der Waals surface area contributed by atoms with Crippen molar-refractivity contribution < 1.29 is 13.7 Å². The van der Waals surface area contributed by atoms with E-state index in [0.29, 0.717) is 5.89 Å². The van der Waals surface area contributed by atoms with Crippen LogP contribution in [0.3, 0.4) is 0 Å². The van der Waals surface area contributed by atoms with Crippen LogP contribution < -0.4 is 4.74 Å². The highest BCUT2D eigenvalue weighted by Crippen LogP contribution is 2.16. The Bertz CT molecular complexity index is 485. The zero-order chi connectivity index (χ0) is 10.8. The molecule has 0 aliphatic heterocycles. The van der Waals surface area contributed by atoms with Crippen LogP contribution >= 0.6 is 0 Å². The third-order valence-electron chi connectivity index (χ3n) is 1.63. The summed E-state index contributed by atoms with van der Waals surface area (Å²) in [5.41, 5.74) is 0. The van der Waals surface area contributed by atoms with Crippen LogP contribution in [0.5, 0.6) is 5.88 Å². The minimum atomic E-state index is -0.638. The first-order valence-electron chi connectivity index (χ1n) is 4.08. The lowest BCUT2D eigenvalue weighted by molar-refractivity contribution is 0.367. The third kappa shape index (κ3) is 1.76. The van der Waals surface area contributed by atoms with Crippen molar-refractivity contribution in [3.8, 4) is 17.5 Å². The minimum absolute atomic E-state index is 0.151. The number of nitrogens with zero attached hydrogens (tertiary/aromatic N) is 4. The molecule has 0 radical (unpaired) electrons. The molecule has 0 unspecified atom stereocenters. The Hall–Kier alpha value is -2.05. The maximum atomic E-state index is 13.0. The van der Waals surface area contributed by atoms with Gasteiger partial charge in [0.1, 0.15) is 0 Å². The number of aryl methyl sites for hydroxylation is 1. The second kappa shape index (κ2) is 3.60. The van der Waals surface area contributed by atoms with E-state index in [1.54, 1.807) is 6.92 Å². The van der Waals surface area contributed by atoms with Gasteiger partial charge in [-0.2, -0.15) is 14.4 Å². The van der Waals surface area contributed by atoms with Crippen LogP contribution in [0, 0.1) is 12.7 Å². The minimum Gasteiger partial charge on any atom is -0.479 e. The van der Waals surface area contributed by atoms with Crippen molar-refractivity contribution in [2.75, 3.05) is 7.11 Å². The quantitative estimate of drug-likeness (QED) is 0.735. The predicted octanol–water partition coefficient (Wildman–Crippen LogP) is 0.983. The molecule has 0 amide bonds. The van der Waals surface area contributed by atoms with E-state index < -0.39 is 5.82 Å². The monoisotopic (exact) mass is 210 g/mol. The fourth-order valence-corrected chi connectivity index (χ4v) is 0.992. The van der Waals surface area contributed by atoms with E-state index in [4.69, 9.17) is 9.26 Å². The molecular weight excluding hydrogens is 203 g/mol. The first-order valence-corrected chi connectivity index (χ1v) is 4.08. The number of methoxy groups -OCH3 is 1. The van der Waals surface area contributed by atoms with Crippen LogP contribution in [0.25, 0.3) is 11.6 Å². The van der Waals surface area contributed by atoms with Crippen molar-refractivity contribution in [3.63, 3.8) is 0 Å². The number of rotatable bonds is 2. The molecule has 7 heteroatoms. The molecule has 2 heterocycles. The Kier molecular flexibility index (Phi) is 2.28. The lowest BCUT2D eigenvalue weighted by Crippen LogP contribution is -1.97. The summed E-state index contributed by atoms with van der Waals surface area (Å²) in [4.78, 5) is 11.4. The highest BCUT2D eigenvalue weighted by molar-refractivity contribution is 5.42. The summed E-state index contributed by atoms with van der Waals surface area (Å²) in [6.07, 6.45) is 0.993. The maximum Gasteiger partial charge on any atom is 0.253 e. The van der Waals surface area contributed by atoms with Gasteiger partial charge >= 0.3 is 0 Å². The second-order valence-electron chi connectivity index (χ2n) is 2.69. The van der Waals surface area contributed by atoms with Gasteiger partial charge in [0.15, 0.2) is 0 Å². The number of hydrogen-bond acceptors (Lipinski definition) is 6. The highest BCUT2D eigenvalue weighted by Gasteiger charge is 2.12. The molecule has 2 aromatic rings. The number of ether oxygens (including phenoxy) is 1. The molecule has 0 bridgehead atoms. The molecule has 0 saturated heterocycles. The van der Waals surface area contributed by atoms with Crippen molar-refractivity contribution in [1.29, 1.82) is 0 Å². The molecule has 0 aliphatic rings. The summed E-state index contributed by atoms with van der Waals surface area (Å²) < 4.78 is 22.4. The Labute approximate surface area is 84.1 Å². The van der Waals surface area contributed by atoms with E-state index in [0.717, 1.165) is 6.20 Å². The van der Waals surface area contributed by atoms with Gasteiger partial charge in [0, 0.05) is 6.92 Å². The Morgan fingerprint density at radius 1 is 1.33 bits per heavy atom. The molecule has 0 aromatic carbocycles. The summed E-state index contributed by atoms with van der Waals surface area (Å²) in [6.45, 7) is 1.64. The normalized spacial score (nSPS) is 10.3. The average Bonchev–Trinajstić information content (AvgIpc) is 2.66. The molecule has 0 atom stereocenters. The lowest BCUT2D eigenvalue weighted by Gasteiger charge is -1.99. The molecule has 0 N–H and O–H groups in total. The SMILES string of the molecule is COc1nc(-c2noc(C)n2)ncc1F. The standard InChI is InChI=1S/C8H7FN4O2/c1-4-11-7(13-15-4)6-10-3-5(9)8(12-6)14-2/h3H,1-2H3. The van der Waals surface area contributed by atoms with Gasteiger partial charge in [-0.3, -0.25) is 0 Å². The Balaban J connectivity index is 2.45. The van der Waals surface area contributed by atoms with Crippen molar-refractivity contribution in [2.45, 2.75) is 6.92 Å². The van der Waals surface area contributed by atoms with Gasteiger partial charge in [0.05, 0.1) is 13.3 Å². The van der Waals surface area contributed by atoms with Crippen molar-refractivity contribution >= 4 is 0 Å². The summed E-state index contributed by atoms with van der Waals surface area (Å²) in [5.74, 6) is -0.0447. The summed E-state index contributed by atoms with van der Waals surface area (Å²) in [5, 5.41) is 3.60. The third-order valence-corrected chi connectivity index (χ3v) is 1.63. The summed E-state index contributed by atoms with van der Waals surface area (Å²) in [7, 11) is 1.32. The van der Waals surface area contributed by atoms with Crippen LogP contribution in [0.15, 0.2) is 10.7 Å². The molecule has 0 aliphatic carbocycles. The van der Waals surface area contributed by atoms with Crippen LogP contribution in [0.1, 0.15) is 5.89 Å². The van der Waals surface area contributed by atoms with Crippen molar-refractivity contribution in [1.82, 2.24) is 20.1 Å². The first-order chi connectivity index (χ1) is 7.20. The summed E-state index contributed by atoms with van der Waals surface area (Å²) >= 11 is 0. The van der Waals surface area contributed by atoms with Crippen LogP contribution in [0.4, 0.5) is 4.39 Å². The molecule has 78 valence electrons. The number of halogens is 1. The molecule has 2 rings (SSSR count). The Morgan fingerprint density at radius 2 is 2.13 bits per heavy atom. The summed E-state index contributed by atoms with van der Waals surface area (Å²) in [6, 6.07) is 0. The van der Waals surface area contributed by atoms with Crippen LogP contribution in [-0.4, -0.2) is 27.2 Å². The second-order valence-corrected chi connectivity index (χ2v) is 2.69. The molecule has 0 spiro atoms. The molecule has 0 fully saturated rings. The average molecular weight is 210 g/mol. The van der Waals surface area contributed by atoms with Gasteiger partial charge in [0.2, 0.25) is 23.4 Å². The van der Waals surface area contributed by atoms with Crippen molar-refractivity contribution in [3.05, 3.63) is 17.9 Å². The molecule has 2 aromatic heterocycles. The van der Waals surface area contributed by atoms with E-state index in [9.17, 15) is 4.39 Å². The number of hydrogen-bond donors (Lipinski definition) is 0. The predicted molar refractivity (Wildman–Crippen MR) is 46.6 cm³/mol. The van der Waals surface area contributed by atoms with Crippen LogP contribution in [-0.2, 0) is 0 Å². The van der Waals surface area contributed by atoms with Gasteiger partial charge < -0.3 is 9.26 Å². The van der Waals surface area contributed by atoms with Crippen molar-refractivity contribution in [2.24, 2.45) is 0 Å². The number of aromatic nitrogens is 4. The fraction of sp³-hybridized carbons (Fsp3) is 0.250. The lowest BCUT2D eigenvalue weighted by atomic mass is 10.5. The van der Waals surface area contributed by atoms with Gasteiger partial charge in [-0.15, -0.1) is 0 Å². The zero-order valence-electron chi connectivity index (χ0n) is 8.06. The fourth-order valence-electron chi connectivity index (χ4n) is 0.992. The molecule has 0 saturated carbocycles. The van der Waals surface area contributed by atoms with E-state index in [1.807, 2.05) is 0 Å². The Morgan fingerprint density at radius 3 is 2.73 bits per heavy atom. The highest BCUT2D eigenvalue weighted by atomic mass is 19.1. The van der Waals surface area contributed by atoms with E-state index in [1.165, 1.54) is 7.11 Å².